The van der Waals surface area contributed by atoms with Crippen LogP contribution in [0.25, 0.3) is 0 Å². The number of halogens is 2. The molecule has 2 heterocycles. The number of likely N-dealkylation sites (tertiary alicyclic amines) is 1. The topological polar surface area (TPSA) is 26.8 Å². The van der Waals surface area contributed by atoms with Crippen LogP contribution in [0.2, 0.25) is 10.0 Å². The first kappa shape index (κ1) is 21.5. The highest BCUT2D eigenvalue weighted by Crippen LogP contribution is 2.26. The average molecular weight is 446 g/mol. The van der Waals surface area contributed by atoms with Gasteiger partial charge in [-0.1, -0.05) is 47.5 Å². The largest absolute Gasteiger partial charge is 0.368 e. The lowest BCUT2D eigenvalue weighted by molar-refractivity contribution is -0.134. The molecule has 0 spiro atoms. The number of piperazine rings is 1. The summed E-state index contributed by atoms with van der Waals surface area (Å²) in [5.74, 6) is 0.164. The van der Waals surface area contributed by atoms with Crippen molar-refractivity contribution in [2.24, 2.45) is 0 Å². The van der Waals surface area contributed by atoms with Gasteiger partial charge in [-0.2, -0.15) is 0 Å². The minimum Gasteiger partial charge on any atom is -0.368 e. The Morgan fingerprint density at radius 2 is 1.73 bits per heavy atom. The SMILES string of the molecule is C[C@@H]([C@H]1CN(c2ccccc2)CCN1C(=O)Cc1ccc(Cl)c(Cl)c1)N1CCCC1. The van der Waals surface area contributed by atoms with Crippen molar-refractivity contribution < 1.29 is 4.79 Å². The van der Waals surface area contributed by atoms with Crippen LogP contribution in [0.5, 0.6) is 0 Å². The van der Waals surface area contributed by atoms with Crippen LogP contribution in [0.4, 0.5) is 5.69 Å². The van der Waals surface area contributed by atoms with Gasteiger partial charge in [-0.05, 0) is 62.7 Å². The molecule has 2 atom stereocenters. The van der Waals surface area contributed by atoms with Gasteiger partial charge in [-0.25, -0.2) is 0 Å². The third-order valence-electron chi connectivity index (χ3n) is 6.47. The lowest BCUT2D eigenvalue weighted by Crippen LogP contribution is -2.62. The van der Waals surface area contributed by atoms with E-state index in [9.17, 15) is 4.79 Å². The molecule has 2 aromatic carbocycles. The fourth-order valence-electron chi connectivity index (χ4n) is 4.72. The van der Waals surface area contributed by atoms with Gasteiger partial charge in [0.15, 0.2) is 0 Å². The molecular formula is C24H29Cl2N3O. The Morgan fingerprint density at radius 3 is 2.43 bits per heavy atom. The zero-order valence-corrected chi connectivity index (χ0v) is 18.9. The molecule has 30 heavy (non-hydrogen) atoms. The van der Waals surface area contributed by atoms with E-state index in [-0.39, 0.29) is 11.9 Å². The summed E-state index contributed by atoms with van der Waals surface area (Å²) in [4.78, 5) is 20.4. The highest BCUT2D eigenvalue weighted by molar-refractivity contribution is 6.42. The maximum absolute atomic E-state index is 13.3. The second kappa shape index (κ2) is 9.59. The number of anilines is 1. The van der Waals surface area contributed by atoms with Crippen LogP contribution in [0.15, 0.2) is 48.5 Å². The Morgan fingerprint density at radius 1 is 1.00 bits per heavy atom. The predicted molar refractivity (Wildman–Crippen MR) is 125 cm³/mol. The predicted octanol–water partition coefficient (Wildman–Crippen LogP) is 4.74. The van der Waals surface area contributed by atoms with E-state index in [2.05, 4.69) is 45.9 Å². The van der Waals surface area contributed by atoms with Crippen molar-refractivity contribution in [1.82, 2.24) is 9.80 Å². The van der Waals surface area contributed by atoms with Crippen molar-refractivity contribution in [2.45, 2.75) is 38.3 Å². The summed E-state index contributed by atoms with van der Waals surface area (Å²) in [6, 6.07) is 16.5. The smallest absolute Gasteiger partial charge is 0.227 e. The molecule has 2 aromatic rings. The van der Waals surface area contributed by atoms with Crippen LogP contribution in [0.3, 0.4) is 0 Å². The molecule has 6 heteroatoms. The summed E-state index contributed by atoms with van der Waals surface area (Å²) < 4.78 is 0. The summed E-state index contributed by atoms with van der Waals surface area (Å²) in [7, 11) is 0. The normalized spacial score (nSPS) is 21.1. The maximum Gasteiger partial charge on any atom is 0.227 e. The summed E-state index contributed by atoms with van der Waals surface area (Å²) in [5.41, 5.74) is 2.14. The lowest BCUT2D eigenvalue weighted by atomic mass is 10.0. The Bertz CT molecular complexity index is 870. The molecule has 0 radical (unpaired) electrons. The van der Waals surface area contributed by atoms with Crippen LogP contribution in [0.1, 0.15) is 25.3 Å². The average Bonchev–Trinajstić information content (AvgIpc) is 3.31. The maximum atomic E-state index is 13.3. The fourth-order valence-corrected chi connectivity index (χ4v) is 5.04. The van der Waals surface area contributed by atoms with Crippen molar-refractivity contribution in [2.75, 3.05) is 37.6 Å². The highest BCUT2D eigenvalue weighted by atomic mass is 35.5. The molecule has 2 saturated heterocycles. The van der Waals surface area contributed by atoms with E-state index in [4.69, 9.17) is 23.2 Å². The van der Waals surface area contributed by atoms with E-state index in [0.29, 0.717) is 22.5 Å². The van der Waals surface area contributed by atoms with Crippen molar-refractivity contribution in [3.05, 3.63) is 64.1 Å². The molecule has 2 aliphatic heterocycles. The summed E-state index contributed by atoms with van der Waals surface area (Å²) in [6.45, 7) is 6.96. The molecular weight excluding hydrogens is 417 g/mol. The van der Waals surface area contributed by atoms with Crippen LogP contribution in [-0.2, 0) is 11.2 Å². The molecule has 2 aliphatic rings. The Kier molecular flexibility index (Phi) is 6.87. The number of hydrogen-bond acceptors (Lipinski definition) is 3. The molecule has 0 aliphatic carbocycles. The number of carbonyl (C=O) groups excluding carboxylic acids is 1. The zero-order valence-electron chi connectivity index (χ0n) is 17.4. The van der Waals surface area contributed by atoms with Crippen LogP contribution in [-0.4, -0.2) is 60.5 Å². The Hall–Kier alpha value is -1.75. The van der Waals surface area contributed by atoms with Crippen LogP contribution in [0, 0.1) is 0 Å². The molecule has 0 bridgehead atoms. The van der Waals surface area contributed by atoms with E-state index < -0.39 is 0 Å². The second-order valence-corrected chi connectivity index (χ2v) is 9.16. The summed E-state index contributed by atoms with van der Waals surface area (Å²) in [6.07, 6.45) is 2.85. The number of benzene rings is 2. The second-order valence-electron chi connectivity index (χ2n) is 8.34. The number of nitrogens with zero attached hydrogens (tertiary/aromatic N) is 3. The first-order valence-electron chi connectivity index (χ1n) is 10.8. The van der Waals surface area contributed by atoms with Crippen molar-refractivity contribution in [3.63, 3.8) is 0 Å². The number of carbonyl (C=O) groups is 1. The Balaban J connectivity index is 1.53. The molecule has 0 N–H and O–H groups in total. The van der Waals surface area contributed by atoms with E-state index in [1.54, 1.807) is 12.1 Å². The molecule has 160 valence electrons. The molecule has 0 aromatic heterocycles. The van der Waals surface area contributed by atoms with E-state index in [0.717, 1.165) is 38.3 Å². The van der Waals surface area contributed by atoms with Gasteiger partial charge >= 0.3 is 0 Å². The van der Waals surface area contributed by atoms with E-state index >= 15 is 0 Å². The molecule has 2 fully saturated rings. The molecule has 4 rings (SSSR count). The minimum atomic E-state index is 0.160. The fraction of sp³-hybridized carbons (Fsp3) is 0.458. The molecule has 0 unspecified atom stereocenters. The summed E-state index contributed by atoms with van der Waals surface area (Å²) in [5, 5.41) is 1.02. The molecule has 1 amide bonds. The first-order chi connectivity index (χ1) is 14.5. The van der Waals surface area contributed by atoms with Gasteiger partial charge in [0.1, 0.15) is 0 Å². The zero-order chi connectivity index (χ0) is 21.1. The lowest BCUT2D eigenvalue weighted by Gasteiger charge is -2.47. The quantitative estimate of drug-likeness (QED) is 0.664. The van der Waals surface area contributed by atoms with Gasteiger partial charge in [0.2, 0.25) is 5.91 Å². The number of amides is 1. The van der Waals surface area contributed by atoms with Crippen LogP contribution >= 0.6 is 23.2 Å². The summed E-state index contributed by atoms with van der Waals surface area (Å²) >= 11 is 12.2. The number of para-hydroxylation sites is 1. The Labute approximate surface area is 189 Å². The number of rotatable bonds is 5. The van der Waals surface area contributed by atoms with Gasteiger partial charge in [0, 0.05) is 31.4 Å². The van der Waals surface area contributed by atoms with Crippen molar-refractivity contribution in [3.8, 4) is 0 Å². The van der Waals surface area contributed by atoms with Gasteiger partial charge in [0.25, 0.3) is 0 Å². The van der Waals surface area contributed by atoms with Crippen molar-refractivity contribution >= 4 is 34.8 Å². The van der Waals surface area contributed by atoms with Crippen molar-refractivity contribution in [1.29, 1.82) is 0 Å². The third-order valence-corrected chi connectivity index (χ3v) is 7.21. The van der Waals surface area contributed by atoms with E-state index in [1.165, 1.54) is 18.5 Å². The van der Waals surface area contributed by atoms with Crippen LogP contribution < -0.4 is 4.90 Å². The standard InChI is InChI=1S/C24H29Cl2N3O/c1-18(27-11-5-6-12-27)23-17-28(20-7-3-2-4-8-20)13-14-29(23)24(30)16-19-9-10-21(25)22(26)15-19/h2-4,7-10,15,18,23H,5-6,11-14,16-17H2,1H3/t18-,23+/m0/s1. The highest BCUT2D eigenvalue weighted by Gasteiger charge is 2.37. The number of hydrogen-bond donors (Lipinski definition) is 0. The molecule has 4 nitrogen and oxygen atoms in total. The minimum absolute atomic E-state index is 0.160. The van der Waals surface area contributed by atoms with E-state index in [1.807, 2.05) is 12.1 Å². The van der Waals surface area contributed by atoms with Gasteiger partial charge < -0.3 is 9.80 Å². The monoisotopic (exact) mass is 445 g/mol. The van der Waals surface area contributed by atoms with Gasteiger partial charge in [0.05, 0.1) is 22.5 Å². The third kappa shape index (κ3) is 4.77. The van der Waals surface area contributed by atoms with Gasteiger partial charge in [-0.15, -0.1) is 0 Å². The molecule has 0 saturated carbocycles. The first-order valence-corrected chi connectivity index (χ1v) is 11.6. The van der Waals surface area contributed by atoms with Gasteiger partial charge in [-0.3, -0.25) is 9.69 Å².